The molecule has 0 saturated carbocycles. The summed E-state index contributed by atoms with van der Waals surface area (Å²) < 4.78 is 12.2. The molecule has 0 amide bonds. The number of unbranched alkanes of at least 4 members (excludes halogenated alkanes) is 18. The average molecular weight is 517 g/mol. The van der Waals surface area contributed by atoms with Crippen LogP contribution in [-0.2, 0) is 4.79 Å². The number of carboxylic acids is 1. The third kappa shape index (κ3) is 19.8. The number of benzene rings is 1. The van der Waals surface area contributed by atoms with E-state index in [1.165, 1.54) is 116 Å². The van der Waals surface area contributed by atoms with Crippen LogP contribution < -0.4 is 9.47 Å². The molecule has 1 N–H and O–H groups in total. The zero-order valence-corrected chi connectivity index (χ0v) is 24.1. The smallest absolute Gasteiger partial charge is 0.328 e. The molecule has 0 aliphatic heterocycles. The Labute approximate surface area is 228 Å². The third-order valence-corrected chi connectivity index (χ3v) is 6.90. The molecule has 0 fully saturated rings. The van der Waals surface area contributed by atoms with Gasteiger partial charge in [0.2, 0.25) is 0 Å². The topological polar surface area (TPSA) is 55.8 Å². The molecule has 0 radical (unpaired) electrons. The molecule has 1 aromatic rings. The first kappa shape index (κ1) is 33.1. The molecule has 4 nitrogen and oxygen atoms in total. The first-order chi connectivity index (χ1) is 18.2. The van der Waals surface area contributed by atoms with Crippen LogP contribution in [0.1, 0.15) is 148 Å². The lowest BCUT2D eigenvalue weighted by atomic mass is 10.1. The van der Waals surface area contributed by atoms with Crippen molar-refractivity contribution in [2.75, 3.05) is 13.2 Å². The van der Waals surface area contributed by atoms with E-state index in [9.17, 15) is 4.79 Å². The SMILES string of the molecule is CCCCCCCCCCCCOc1ccc(C=CC(=O)O)cc1OCCCCCCCCCCCC. The molecule has 0 aliphatic rings. The Morgan fingerprint density at radius 3 is 1.46 bits per heavy atom. The number of hydrogen-bond donors (Lipinski definition) is 1. The molecule has 0 spiro atoms. The Hall–Kier alpha value is -1.97. The molecule has 0 atom stereocenters. The lowest BCUT2D eigenvalue weighted by Gasteiger charge is -2.14. The molecule has 0 bridgehead atoms. The summed E-state index contributed by atoms with van der Waals surface area (Å²) >= 11 is 0. The molecular weight excluding hydrogens is 460 g/mol. The van der Waals surface area contributed by atoms with Crippen LogP contribution in [0.25, 0.3) is 6.08 Å². The minimum Gasteiger partial charge on any atom is -0.490 e. The van der Waals surface area contributed by atoms with Crippen LogP contribution >= 0.6 is 0 Å². The number of hydrogen-bond acceptors (Lipinski definition) is 3. The molecular formula is C33H56O4. The van der Waals surface area contributed by atoms with Crippen molar-refractivity contribution in [1.82, 2.24) is 0 Å². The molecule has 1 rings (SSSR count). The molecule has 4 heteroatoms. The minimum atomic E-state index is -0.950. The van der Waals surface area contributed by atoms with Crippen molar-refractivity contribution in [1.29, 1.82) is 0 Å². The van der Waals surface area contributed by atoms with Crippen molar-refractivity contribution in [2.24, 2.45) is 0 Å². The summed E-state index contributed by atoms with van der Waals surface area (Å²) in [6.45, 7) is 5.88. The van der Waals surface area contributed by atoms with E-state index < -0.39 is 5.97 Å². The highest BCUT2D eigenvalue weighted by Crippen LogP contribution is 2.30. The van der Waals surface area contributed by atoms with Crippen LogP contribution in [0.15, 0.2) is 24.3 Å². The highest BCUT2D eigenvalue weighted by atomic mass is 16.5. The monoisotopic (exact) mass is 516 g/mol. The summed E-state index contributed by atoms with van der Waals surface area (Å²) in [5, 5.41) is 8.94. The first-order valence-electron chi connectivity index (χ1n) is 15.5. The van der Waals surface area contributed by atoms with E-state index in [-0.39, 0.29) is 0 Å². The summed E-state index contributed by atoms with van der Waals surface area (Å²) in [6, 6.07) is 5.69. The van der Waals surface area contributed by atoms with Crippen molar-refractivity contribution in [3.8, 4) is 11.5 Å². The van der Waals surface area contributed by atoms with Gasteiger partial charge in [0.1, 0.15) is 0 Å². The molecule has 1 aromatic carbocycles. The van der Waals surface area contributed by atoms with Gasteiger partial charge in [-0.3, -0.25) is 0 Å². The second-order valence-corrected chi connectivity index (χ2v) is 10.4. The van der Waals surface area contributed by atoms with Crippen LogP contribution in [-0.4, -0.2) is 24.3 Å². The van der Waals surface area contributed by atoms with E-state index in [2.05, 4.69) is 13.8 Å². The molecule has 0 saturated heterocycles. The number of aliphatic carboxylic acids is 1. The van der Waals surface area contributed by atoms with Crippen molar-refractivity contribution in [2.45, 2.75) is 142 Å². The molecule has 212 valence electrons. The maximum atomic E-state index is 10.9. The van der Waals surface area contributed by atoms with Crippen molar-refractivity contribution in [3.05, 3.63) is 29.8 Å². The van der Waals surface area contributed by atoms with E-state index in [0.717, 1.165) is 36.0 Å². The van der Waals surface area contributed by atoms with Gasteiger partial charge in [0.05, 0.1) is 13.2 Å². The van der Waals surface area contributed by atoms with E-state index in [1.807, 2.05) is 18.2 Å². The predicted octanol–water partition coefficient (Wildman–Crippen LogP) is 10.4. The van der Waals surface area contributed by atoms with Gasteiger partial charge in [-0.25, -0.2) is 4.79 Å². The Balaban J connectivity index is 2.32. The Morgan fingerprint density at radius 1 is 0.622 bits per heavy atom. The standard InChI is InChI=1S/C33H56O4/c1-3-5-7-9-11-13-15-17-19-21-27-36-31-25-23-30(24-26-33(34)35)29-32(31)37-28-22-20-18-16-14-12-10-8-6-4-2/h23-26,29H,3-22,27-28H2,1-2H3,(H,34,35). The molecule has 0 unspecified atom stereocenters. The van der Waals surface area contributed by atoms with Crippen molar-refractivity contribution >= 4 is 12.0 Å². The first-order valence-corrected chi connectivity index (χ1v) is 15.5. The summed E-state index contributed by atoms with van der Waals surface area (Å²) in [6.07, 6.45) is 28.7. The maximum absolute atomic E-state index is 10.9. The summed E-state index contributed by atoms with van der Waals surface area (Å²) in [4.78, 5) is 10.9. The van der Waals surface area contributed by atoms with Gasteiger partial charge in [-0.15, -0.1) is 0 Å². The average Bonchev–Trinajstić information content (AvgIpc) is 2.90. The molecule has 37 heavy (non-hydrogen) atoms. The minimum absolute atomic E-state index is 0.664. The Bertz CT molecular complexity index is 698. The third-order valence-electron chi connectivity index (χ3n) is 6.90. The fourth-order valence-corrected chi connectivity index (χ4v) is 4.57. The maximum Gasteiger partial charge on any atom is 0.328 e. The van der Waals surface area contributed by atoms with Gasteiger partial charge in [0.15, 0.2) is 11.5 Å². The van der Waals surface area contributed by atoms with Crippen LogP contribution in [0.5, 0.6) is 11.5 Å². The number of carbonyl (C=O) groups is 1. The second-order valence-electron chi connectivity index (χ2n) is 10.4. The van der Waals surface area contributed by atoms with Gasteiger partial charge in [-0.1, -0.05) is 135 Å². The molecule has 0 heterocycles. The summed E-state index contributed by atoms with van der Waals surface area (Å²) in [5.74, 6) is 0.528. The summed E-state index contributed by atoms with van der Waals surface area (Å²) in [7, 11) is 0. The van der Waals surface area contributed by atoms with Gasteiger partial charge in [-0.05, 0) is 36.6 Å². The second kappa shape index (κ2) is 24.4. The fourth-order valence-electron chi connectivity index (χ4n) is 4.57. The van der Waals surface area contributed by atoms with Crippen molar-refractivity contribution in [3.63, 3.8) is 0 Å². The van der Waals surface area contributed by atoms with Crippen molar-refractivity contribution < 1.29 is 19.4 Å². The normalized spacial score (nSPS) is 11.3. The van der Waals surface area contributed by atoms with Gasteiger partial charge in [0, 0.05) is 6.08 Å². The van der Waals surface area contributed by atoms with E-state index in [4.69, 9.17) is 14.6 Å². The van der Waals surface area contributed by atoms with Gasteiger partial charge in [-0.2, -0.15) is 0 Å². The molecule has 0 aliphatic carbocycles. The van der Waals surface area contributed by atoms with Crippen LogP contribution in [0.3, 0.4) is 0 Å². The highest BCUT2D eigenvalue weighted by Gasteiger charge is 2.07. The lowest BCUT2D eigenvalue weighted by molar-refractivity contribution is -0.131. The number of carboxylic acid groups (broad SMARTS) is 1. The van der Waals surface area contributed by atoms with Crippen LogP contribution in [0, 0.1) is 0 Å². The van der Waals surface area contributed by atoms with Gasteiger partial charge < -0.3 is 14.6 Å². The number of rotatable bonds is 26. The predicted molar refractivity (Wildman–Crippen MR) is 158 cm³/mol. The largest absolute Gasteiger partial charge is 0.490 e. The zero-order valence-electron chi connectivity index (χ0n) is 24.1. The molecule has 0 aromatic heterocycles. The Kier molecular flexibility index (Phi) is 21.8. The Morgan fingerprint density at radius 2 is 1.03 bits per heavy atom. The van der Waals surface area contributed by atoms with Gasteiger partial charge in [0.25, 0.3) is 0 Å². The fraction of sp³-hybridized carbons (Fsp3) is 0.727. The lowest BCUT2D eigenvalue weighted by Crippen LogP contribution is -2.03. The quantitative estimate of drug-likeness (QED) is 0.0982. The van der Waals surface area contributed by atoms with E-state index >= 15 is 0 Å². The highest BCUT2D eigenvalue weighted by molar-refractivity contribution is 5.85. The van der Waals surface area contributed by atoms with E-state index in [1.54, 1.807) is 6.08 Å². The van der Waals surface area contributed by atoms with Crippen LogP contribution in [0.4, 0.5) is 0 Å². The zero-order chi connectivity index (χ0) is 26.8. The number of ether oxygens (including phenoxy) is 2. The summed E-state index contributed by atoms with van der Waals surface area (Å²) in [5.41, 5.74) is 0.812. The van der Waals surface area contributed by atoms with Gasteiger partial charge >= 0.3 is 5.97 Å². The van der Waals surface area contributed by atoms with Crippen LogP contribution in [0.2, 0.25) is 0 Å². The van der Waals surface area contributed by atoms with E-state index in [0.29, 0.717) is 13.2 Å².